The predicted octanol–water partition coefficient (Wildman–Crippen LogP) is 2.57. The Hall–Kier alpha value is -0.890. The first kappa shape index (κ1) is 13.2. The Morgan fingerprint density at radius 3 is 2.94 bits per heavy atom. The lowest BCUT2D eigenvalue weighted by molar-refractivity contribution is 0.115. The van der Waals surface area contributed by atoms with E-state index in [1.165, 1.54) is 0 Å². The molecule has 0 saturated heterocycles. The second-order valence-corrected chi connectivity index (χ2v) is 4.65. The van der Waals surface area contributed by atoms with Gasteiger partial charge in [0, 0.05) is 17.1 Å². The zero-order valence-electron chi connectivity index (χ0n) is 9.24. The Morgan fingerprint density at radius 2 is 2.31 bits per heavy atom. The number of hydrogen-bond acceptors (Lipinski definition) is 3. The summed E-state index contributed by atoms with van der Waals surface area (Å²) in [4.78, 5) is 0. The van der Waals surface area contributed by atoms with Crippen LogP contribution in [0.1, 0.15) is 24.5 Å². The average molecular weight is 283 g/mol. The van der Waals surface area contributed by atoms with Gasteiger partial charge in [0.2, 0.25) is 0 Å². The van der Waals surface area contributed by atoms with Gasteiger partial charge in [-0.05, 0) is 31.0 Å². The molecule has 1 rings (SSSR count). The van der Waals surface area contributed by atoms with Gasteiger partial charge in [0.1, 0.15) is 0 Å². The third kappa shape index (κ3) is 4.31. The van der Waals surface area contributed by atoms with Crippen LogP contribution in [0.4, 0.5) is 0 Å². The molecule has 2 N–H and O–H groups in total. The zero-order valence-corrected chi connectivity index (χ0v) is 10.8. The number of nitrogens with two attached hydrogens (primary N) is 1. The summed E-state index contributed by atoms with van der Waals surface area (Å²) in [5.41, 5.74) is 7.17. The van der Waals surface area contributed by atoms with E-state index in [0.29, 0.717) is 18.8 Å². The molecule has 0 amide bonds. The van der Waals surface area contributed by atoms with Crippen LogP contribution >= 0.6 is 15.9 Å². The monoisotopic (exact) mass is 282 g/mol. The smallest absolute Gasteiger partial charge is 0.0995 e. The average Bonchev–Trinajstić information content (AvgIpc) is 2.25. The molecule has 1 aromatic rings. The van der Waals surface area contributed by atoms with Crippen molar-refractivity contribution in [2.75, 3.05) is 6.61 Å². The molecule has 1 atom stereocenters. The predicted molar refractivity (Wildman–Crippen MR) is 66.8 cm³/mol. The molecule has 0 fully saturated rings. The van der Waals surface area contributed by atoms with Crippen LogP contribution in [0.2, 0.25) is 0 Å². The summed E-state index contributed by atoms with van der Waals surface area (Å²) in [5, 5.41) is 8.94. The third-order valence-corrected chi connectivity index (χ3v) is 2.66. The van der Waals surface area contributed by atoms with E-state index >= 15 is 0 Å². The maximum absolute atomic E-state index is 8.94. The quantitative estimate of drug-likeness (QED) is 0.845. The molecule has 0 spiro atoms. The van der Waals surface area contributed by atoms with Crippen LogP contribution in [-0.4, -0.2) is 12.6 Å². The molecule has 0 heterocycles. The number of nitriles is 1. The van der Waals surface area contributed by atoms with Gasteiger partial charge in [-0.1, -0.05) is 22.0 Å². The minimum Gasteiger partial charge on any atom is -0.377 e. The third-order valence-electron chi connectivity index (χ3n) is 2.17. The maximum atomic E-state index is 8.94. The molecule has 0 aliphatic heterocycles. The van der Waals surface area contributed by atoms with Crippen molar-refractivity contribution >= 4 is 15.9 Å². The van der Waals surface area contributed by atoms with E-state index in [9.17, 15) is 0 Å². The highest BCUT2D eigenvalue weighted by Crippen LogP contribution is 2.16. The fraction of sp³-hybridized carbons (Fsp3) is 0.417. The first-order valence-electron chi connectivity index (χ1n) is 5.15. The van der Waals surface area contributed by atoms with Crippen molar-refractivity contribution < 1.29 is 4.74 Å². The second kappa shape index (κ2) is 6.64. The number of nitrogens with zero attached hydrogens (tertiary/aromatic N) is 1. The minimum absolute atomic E-state index is 0.153. The van der Waals surface area contributed by atoms with Gasteiger partial charge in [-0.15, -0.1) is 0 Å². The summed E-state index contributed by atoms with van der Waals surface area (Å²) in [5.74, 6) is 0. The lowest BCUT2D eigenvalue weighted by Gasteiger charge is -2.08. The van der Waals surface area contributed by atoms with E-state index in [2.05, 4.69) is 22.0 Å². The Morgan fingerprint density at radius 1 is 1.56 bits per heavy atom. The molecule has 4 heteroatoms. The number of hydrogen-bond donors (Lipinski definition) is 1. The molecular formula is C12H15BrN2O. The van der Waals surface area contributed by atoms with Crippen LogP contribution in [-0.2, 0) is 11.3 Å². The van der Waals surface area contributed by atoms with E-state index in [0.717, 1.165) is 16.5 Å². The Labute approximate surface area is 104 Å². The highest BCUT2D eigenvalue weighted by Gasteiger charge is 2.03. The van der Waals surface area contributed by atoms with Crippen molar-refractivity contribution in [2.24, 2.45) is 5.73 Å². The van der Waals surface area contributed by atoms with E-state index in [-0.39, 0.29) is 6.04 Å². The van der Waals surface area contributed by atoms with Gasteiger partial charge in [0.15, 0.2) is 0 Å². The summed E-state index contributed by atoms with van der Waals surface area (Å²) in [6.07, 6.45) is 0.832. The van der Waals surface area contributed by atoms with Crippen molar-refractivity contribution in [3.05, 3.63) is 33.8 Å². The van der Waals surface area contributed by atoms with Crippen LogP contribution in [0.25, 0.3) is 0 Å². The van der Waals surface area contributed by atoms with Crippen molar-refractivity contribution in [2.45, 2.75) is 26.0 Å². The Balaban J connectivity index is 2.51. The lowest BCUT2D eigenvalue weighted by atomic mass is 10.1. The molecular weight excluding hydrogens is 268 g/mol. The summed E-state index contributed by atoms with van der Waals surface area (Å²) in [6, 6.07) is 7.91. The first-order valence-corrected chi connectivity index (χ1v) is 5.94. The summed E-state index contributed by atoms with van der Waals surface area (Å²) in [6.45, 7) is 3.03. The molecule has 1 unspecified atom stereocenters. The highest BCUT2D eigenvalue weighted by atomic mass is 79.9. The van der Waals surface area contributed by atoms with Gasteiger partial charge >= 0.3 is 0 Å². The number of ether oxygens (including phenoxy) is 1. The minimum atomic E-state index is 0.153. The number of halogens is 1. The van der Waals surface area contributed by atoms with Crippen LogP contribution in [0, 0.1) is 11.3 Å². The molecule has 0 bridgehead atoms. The summed E-state index contributed by atoms with van der Waals surface area (Å²) in [7, 11) is 0. The van der Waals surface area contributed by atoms with Crippen molar-refractivity contribution in [1.29, 1.82) is 5.26 Å². The van der Waals surface area contributed by atoms with Crippen molar-refractivity contribution in [3.8, 4) is 6.07 Å². The van der Waals surface area contributed by atoms with Gasteiger partial charge in [-0.25, -0.2) is 0 Å². The lowest BCUT2D eigenvalue weighted by Crippen LogP contribution is -2.17. The molecule has 86 valence electrons. The van der Waals surface area contributed by atoms with Crippen LogP contribution in [0.3, 0.4) is 0 Å². The summed E-state index contributed by atoms with van der Waals surface area (Å²) < 4.78 is 6.37. The Bertz CT molecular complexity index is 385. The topological polar surface area (TPSA) is 59.0 Å². The zero-order chi connectivity index (χ0) is 12.0. The van der Waals surface area contributed by atoms with Gasteiger partial charge in [0.05, 0.1) is 18.2 Å². The van der Waals surface area contributed by atoms with Crippen molar-refractivity contribution in [1.82, 2.24) is 0 Å². The van der Waals surface area contributed by atoms with Crippen LogP contribution < -0.4 is 5.73 Å². The number of benzene rings is 1. The van der Waals surface area contributed by atoms with Crippen LogP contribution in [0.15, 0.2) is 22.7 Å². The SMILES string of the molecule is CC(N)CCOCc1ccc(Br)cc1C#N. The van der Waals surface area contributed by atoms with Crippen molar-refractivity contribution in [3.63, 3.8) is 0 Å². The van der Waals surface area contributed by atoms with E-state index < -0.39 is 0 Å². The fourth-order valence-corrected chi connectivity index (χ4v) is 1.59. The molecule has 1 aromatic carbocycles. The molecule has 0 aliphatic rings. The van der Waals surface area contributed by atoms with E-state index in [1.54, 1.807) is 6.07 Å². The van der Waals surface area contributed by atoms with Crippen LogP contribution in [0.5, 0.6) is 0 Å². The van der Waals surface area contributed by atoms with Gasteiger partial charge in [-0.3, -0.25) is 0 Å². The number of rotatable bonds is 5. The molecule has 16 heavy (non-hydrogen) atoms. The van der Waals surface area contributed by atoms with E-state index in [4.69, 9.17) is 15.7 Å². The Kier molecular flexibility index (Phi) is 5.47. The maximum Gasteiger partial charge on any atom is 0.0995 e. The van der Waals surface area contributed by atoms with Gasteiger partial charge in [0.25, 0.3) is 0 Å². The molecule has 0 saturated carbocycles. The van der Waals surface area contributed by atoms with E-state index in [1.807, 2.05) is 19.1 Å². The second-order valence-electron chi connectivity index (χ2n) is 3.73. The summed E-state index contributed by atoms with van der Waals surface area (Å²) >= 11 is 3.33. The standard InChI is InChI=1S/C12H15BrN2O/c1-9(15)4-5-16-8-10-2-3-12(13)6-11(10)7-14/h2-3,6,9H,4-5,8,15H2,1H3. The van der Waals surface area contributed by atoms with Gasteiger partial charge in [-0.2, -0.15) is 5.26 Å². The normalized spacial score (nSPS) is 12.1. The largest absolute Gasteiger partial charge is 0.377 e. The first-order chi connectivity index (χ1) is 7.63. The molecule has 0 aromatic heterocycles. The highest BCUT2D eigenvalue weighted by molar-refractivity contribution is 9.10. The molecule has 0 radical (unpaired) electrons. The van der Waals surface area contributed by atoms with Gasteiger partial charge < -0.3 is 10.5 Å². The molecule has 0 aliphatic carbocycles. The molecule has 3 nitrogen and oxygen atoms in total. The fourth-order valence-electron chi connectivity index (χ4n) is 1.23.